The van der Waals surface area contributed by atoms with Crippen LogP contribution >= 0.6 is 11.6 Å². The van der Waals surface area contributed by atoms with E-state index < -0.39 is 12.1 Å². The topological polar surface area (TPSA) is 104 Å². The summed E-state index contributed by atoms with van der Waals surface area (Å²) in [6.45, 7) is 0.0648. The Morgan fingerprint density at radius 2 is 1.94 bits per heavy atom. The number of halogens is 1. The second-order valence-electron chi connectivity index (χ2n) is 8.03. The number of imide groups is 1. The molecule has 2 aliphatic heterocycles. The van der Waals surface area contributed by atoms with Gasteiger partial charge in [-0.2, -0.15) is 10.1 Å². The number of rotatable bonds is 4. The smallest absolute Gasteiger partial charge is 0.263 e. The Kier molecular flexibility index (Phi) is 4.32. The van der Waals surface area contributed by atoms with Gasteiger partial charge in [0, 0.05) is 10.6 Å². The van der Waals surface area contributed by atoms with Gasteiger partial charge in [0.25, 0.3) is 11.8 Å². The normalized spacial score (nSPS) is 21.5. The van der Waals surface area contributed by atoms with Gasteiger partial charge in [-0.15, -0.1) is 0 Å². The number of amides is 2. The van der Waals surface area contributed by atoms with Crippen molar-refractivity contribution in [1.29, 1.82) is 0 Å². The van der Waals surface area contributed by atoms with Crippen molar-refractivity contribution >= 4 is 29.1 Å². The molecule has 0 bridgehead atoms. The van der Waals surface area contributed by atoms with Crippen LogP contribution in [0.3, 0.4) is 0 Å². The molecule has 2 unspecified atom stereocenters. The van der Waals surface area contributed by atoms with Gasteiger partial charge in [-0.05, 0) is 54.7 Å². The summed E-state index contributed by atoms with van der Waals surface area (Å²) in [5.41, 5.74) is 3.77. The fourth-order valence-corrected chi connectivity index (χ4v) is 4.70. The molecular weight excluding hydrogens is 432 g/mol. The van der Waals surface area contributed by atoms with Crippen LogP contribution in [0.2, 0.25) is 5.02 Å². The Morgan fingerprint density at radius 3 is 2.81 bits per heavy atom. The van der Waals surface area contributed by atoms with Crippen LogP contribution in [-0.4, -0.2) is 39.0 Å². The van der Waals surface area contributed by atoms with Gasteiger partial charge in [-0.1, -0.05) is 40.2 Å². The summed E-state index contributed by atoms with van der Waals surface area (Å²) < 4.78 is 5.34. The molecule has 1 fully saturated rings. The van der Waals surface area contributed by atoms with Gasteiger partial charge in [-0.25, -0.2) is 4.90 Å². The lowest BCUT2D eigenvalue weighted by atomic mass is 10.1. The molecule has 2 atom stereocenters. The Labute approximate surface area is 187 Å². The largest absolute Gasteiger partial charge is 0.337 e. The molecule has 1 aromatic heterocycles. The van der Waals surface area contributed by atoms with E-state index in [0.717, 1.165) is 19.3 Å². The number of anilines is 1. The maximum Gasteiger partial charge on any atom is 0.263 e. The molecule has 0 N–H and O–H groups in total. The molecule has 10 heteroatoms. The zero-order valence-corrected chi connectivity index (χ0v) is 17.6. The number of aromatic nitrogens is 2. The van der Waals surface area contributed by atoms with E-state index in [2.05, 4.69) is 20.5 Å². The van der Waals surface area contributed by atoms with Crippen LogP contribution in [-0.2, 0) is 29.0 Å². The molecule has 1 saturated heterocycles. The highest BCUT2D eigenvalue weighted by Gasteiger charge is 2.55. The molecule has 3 aromatic rings. The molecule has 1 aliphatic carbocycles. The minimum absolute atomic E-state index is 0.0648. The van der Waals surface area contributed by atoms with Crippen LogP contribution in [0.25, 0.3) is 11.4 Å². The summed E-state index contributed by atoms with van der Waals surface area (Å²) in [5.74, 6) is -0.0774. The van der Waals surface area contributed by atoms with Gasteiger partial charge >= 0.3 is 0 Å². The summed E-state index contributed by atoms with van der Waals surface area (Å²) in [5, 5.41) is 14.1. The minimum Gasteiger partial charge on any atom is -0.337 e. The van der Waals surface area contributed by atoms with E-state index in [-0.39, 0.29) is 24.2 Å². The molecule has 0 radical (unpaired) electrons. The molecule has 3 heterocycles. The molecule has 32 heavy (non-hydrogen) atoms. The molecular formula is C22H17ClN6O3. The van der Waals surface area contributed by atoms with Gasteiger partial charge in [0.1, 0.15) is 6.54 Å². The SMILES string of the molecule is O=C1C2N=NN(Cc3nc(-c4cccc(Cl)c4)no3)C2C(=O)N1c1ccc2c(c1)CCC2. The number of carbonyl (C=O) groups excluding carboxylic acids is 2. The third-order valence-corrected chi connectivity index (χ3v) is 6.28. The molecule has 0 saturated carbocycles. The van der Waals surface area contributed by atoms with Crippen molar-refractivity contribution in [3.8, 4) is 11.4 Å². The maximum absolute atomic E-state index is 13.2. The first kappa shape index (κ1) is 19.1. The van der Waals surface area contributed by atoms with Crippen molar-refractivity contribution in [2.24, 2.45) is 10.3 Å². The number of hydrogen-bond donors (Lipinski definition) is 0. The van der Waals surface area contributed by atoms with Crippen molar-refractivity contribution in [3.63, 3.8) is 0 Å². The van der Waals surface area contributed by atoms with Crippen LogP contribution in [0.1, 0.15) is 23.4 Å². The lowest BCUT2D eigenvalue weighted by Crippen LogP contribution is -2.39. The van der Waals surface area contributed by atoms with Crippen molar-refractivity contribution in [3.05, 3.63) is 64.5 Å². The first-order valence-corrected chi connectivity index (χ1v) is 10.7. The monoisotopic (exact) mass is 448 g/mol. The average Bonchev–Trinajstić information content (AvgIpc) is 3.56. The van der Waals surface area contributed by atoms with Crippen LogP contribution < -0.4 is 4.90 Å². The lowest BCUT2D eigenvalue weighted by Gasteiger charge is -2.19. The van der Waals surface area contributed by atoms with E-state index in [1.807, 2.05) is 24.3 Å². The highest BCUT2D eigenvalue weighted by molar-refractivity contribution is 6.30. The second kappa shape index (κ2) is 7.23. The Balaban J connectivity index is 1.23. The van der Waals surface area contributed by atoms with E-state index in [4.69, 9.17) is 16.1 Å². The standard InChI is InChI=1S/C22H17ClN6O3/c23-15-6-2-5-14(9-15)20-24-17(32-26-20)11-28-19-18(25-27-28)21(30)29(22(19)31)16-8-7-12-3-1-4-13(12)10-16/h2,5-10,18-19H,1,3-4,11H2. The van der Waals surface area contributed by atoms with Crippen LogP contribution in [0.4, 0.5) is 5.69 Å². The Morgan fingerprint density at radius 1 is 1.06 bits per heavy atom. The number of hydrogen-bond acceptors (Lipinski definition) is 8. The molecule has 6 rings (SSSR count). The van der Waals surface area contributed by atoms with Crippen molar-refractivity contribution in [2.45, 2.75) is 37.9 Å². The fraction of sp³-hybridized carbons (Fsp3) is 0.273. The molecule has 0 spiro atoms. The van der Waals surface area contributed by atoms with Crippen molar-refractivity contribution in [1.82, 2.24) is 15.1 Å². The summed E-state index contributed by atoms with van der Waals surface area (Å²) in [4.78, 5) is 31.8. The molecule has 2 amide bonds. The third kappa shape index (κ3) is 3.00. The Hall–Kier alpha value is -3.59. The Bertz CT molecular complexity index is 1290. The number of aryl methyl sites for hydroxylation is 2. The summed E-state index contributed by atoms with van der Waals surface area (Å²) >= 11 is 6.03. The molecule has 3 aliphatic rings. The first-order valence-electron chi connectivity index (χ1n) is 10.3. The van der Waals surface area contributed by atoms with E-state index >= 15 is 0 Å². The van der Waals surface area contributed by atoms with Gasteiger partial charge in [-0.3, -0.25) is 14.6 Å². The number of nitrogens with zero attached hydrogens (tertiary/aromatic N) is 6. The molecule has 2 aromatic carbocycles. The van der Waals surface area contributed by atoms with E-state index in [1.165, 1.54) is 21.0 Å². The third-order valence-electron chi connectivity index (χ3n) is 6.05. The minimum atomic E-state index is -0.869. The maximum atomic E-state index is 13.2. The average molecular weight is 449 g/mol. The lowest BCUT2D eigenvalue weighted by molar-refractivity contribution is -0.123. The number of fused-ring (bicyclic) bond motifs is 2. The van der Waals surface area contributed by atoms with E-state index in [9.17, 15) is 9.59 Å². The second-order valence-corrected chi connectivity index (χ2v) is 8.47. The van der Waals surface area contributed by atoms with E-state index in [1.54, 1.807) is 18.2 Å². The highest BCUT2D eigenvalue weighted by Crippen LogP contribution is 2.35. The predicted octanol–water partition coefficient (Wildman–Crippen LogP) is 3.37. The fourth-order valence-electron chi connectivity index (χ4n) is 4.51. The van der Waals surface area contributed by atoms with Gasteiger partial charge in [0.05, 0.1) is 5.69 Å². The molecule has 9 nitrogen and oxygen atoms in total. The summed E-state index contributed by atoms with van der Waals surface area (Å²) in [7, 11) is 0. The zero-order valence-electron chi connectivity index (χ0n) is 16.8. The van der Waals surface area contributed by atoms with Crippen molar-refractivity contribution < 1.29 is 14.1 Å². The van der Waals surface area contributed by atoms with Crippen LogP contribution in [0, 0.1) is 0 Å². The van der Waals surface area contributed by atoms with Crippen LogP contribution in [0.15, 0.2) is 57.3 Å². The molecule has 160 valence electrons. The highest BCUT2D eigenvalue weighted by atomic mass is 35.5. The van der Waals surface area contributed by atoms with Gasteiger partial charge < -0.3 is 4.52 Å². The number of carbonyl (C=O) groups is 2. The summed E-state index contributed by atoms with van der Waals surface area (Å²) in [6.07, 6.45) is 3.09. The zero-order chi connectivity index (χ0) is 21.8. The first-order chi connectivity index (χ1) is 15.6. The van der Waals surface area contributed by atoms with Crippen LogP contribution in [0.5, 0.6) is 0 Å². The van der Waals surface area contributed by atoms with Gasteiger partial charge in [0.15, 0.2) is 12.1 Å². The summed E-state index contributed by atoms with van der Waals surface area (Å²) in [6, 6.07) is 11.2. The number of benzene rings is 2. The van der Waals surface area contributed by atoms with E-state index in [0.29, 0.717) is 22.1 Å². The van der Waals surface area contributed by atoms with Crippen molar-refractivity contribution in [2.75, 3.05) is 4.90 Å². The van der Waals surface area contributed by atoms with Gasteiger partial charge in [0.2, 0.25) is 11.7 Å². The quantitative estimate of drug-likeness (QED) is 0.567. The predicted molar refractivity (Wildman–Crippen MR) is 114 cm³/mol.